The van der Waals surface area contributed by atoms with Crippen LogP contribution in [-0.4, -0.2) is 73.9 Å². The topological polar surface area (TPSA) is 83.5 Å². The summed E-state index contributed by atoms with van der Waals surface area (Å²) in [6, 6.07) is 15.4. The SMILES string of the molecule is CN(C)CCOc1cc2c(c(N[C@H]3CCOC3)c1)CN(C(=O)c1c(O)cc(C(F)F)cc1OCc1ccccc1)CC2. The van der Waals surface area contributed by atoms with Crippen LogP contribution in [0.1, 0.15) is 45.5 Å². The third kappa shape index (κ3) is 7.11. The van der Waals surface area contributed by atoms with Crippen molar-refractivity contribution in [1.29, 1.82) is 0 Å². The lowest BCUT2D eigenvalue weighted by Gasteiger charge is -2.32. The van der Waals surface area contributed by atoms with Gasteiger partial charge in [0.25, 0.3) is 12.3 Å². The first kappa shape index (κ1) is 29.6. The Bertz CT molecular complexity index is 1380. The molecule has 10 heteroatoms. The molecule has 1 atom stereocenters. The average Bonchev–Trinajstić information content (AvgIpc) is 3.49. The molecule has 224 valence electrons. The van der Waals surface area contributed by atoms with Crippen molar-refractivity contribution in [2.45, 2.75) is 38.5 Å². The van der Waals surface area contributed by atoms with Crippen molar-refractivity contribution in [3.8, 4) is 17.2 Å². The second-order valence-corrected chi connectivity index (χ2v) is 10.9. The van der Waals surface area contributed by atoms with Gasteiger partial charge in [0.15, 0.2) is 0 Å². The minimum absolute atomic E-state index is 0.0597. The predicted octanol–water partition coefficient (Wildman–Crippen LogP) is 5.25. The molecule has 0 saturated carbocycles. The molecule has 3 aromatic rings. The summed E-state index contributed by atoms with van der Waals surface area (Å²) in [6.07, 6.45) is -1.39. The fraction of sp³-hybridized carbons (Fsp3) is 0.406. The Hall–Kier alpha value is -3.89. The summed E-state index contributed by atoms with van der Waals surface area (Å²) >= 11 is 0. The Morgan fingerprint density at radius 3 is 2.69 bits per heavy atom. The first-order chi connectivity index (χ1) is 20.3. The van der Waals surface area contributed by atoms with Crippen molar-refractivity contribution in [2.75, 3.05) is 52.3 Å². The number of carbonyl (C=O) groups excluding carboxylic acids is 1. The number of phenolic OH excluding ortho intramolecular Hbond substituents is 1. The number of halogens is 2. The lowest BCUT2D eigenvalue weighted by molar-refractivity contribution is 0.0726. The van der Waals surface area contributed by atoms with E-state index < -0.39 is 23.6 Å². The van der Waals surface area contributed by atoms with Gasteiger partial charge < -0.3 is 34.4 Å². The second kappa shape index (κ2) is 13.4. The predicted molar refractivity (Wildman–Crippen MR) is 156 cm³/mol. The van der Waals surface area contributed by atoms with Gasteiger partial charge >= 0.3 is 0 Å². The standard InChI is InChI=1S/C32H37F2N3O5/c1-36(2)11-13-41-25-14-22-8-10-37(18-26(22)27(17-25)35-24-9-12-40-20-24)32(39)30-28(38)15-23(31(33)34)16-29(30)42-19-21-6-4-3-5-7-21/h3-7,14-17,24,31,35,38H,8-13,18-20H2,1-2H3/t24-/m0/s1. The maximum absolute atomic E-state index is 13.9. The summed E-state index contributed by atoms with van der Waals surface area (Å²) in [4.78, 5) is 17.6. The molecule has 1 fully saturated rings. The molecule has 0 aromatic heterocycles. The smallest absolute Gasteiger partial charge is 0.264 e. The number of phenols is 1. The van der Waals surface area contributed by atoms with Crippen LogP contribution in [0.3, 0.4) is 0 Å². The molecule has 0 aliphatic carbocycles. The highest BCUT2D eigenvalue weighted by atomic mass is 19.3. The molecule has 1 saturated heterocycles. The van der Waals surface area contributed by atoms with Crippen LogP contribution < -0.4 is 14.8 Å². The number of nitrogens with zero attached hydrogens (tertiary/aromatic N) is 2. The van der Waals surface area contributed by atoms with Gasteiger partial charge in [0.05, 0.1) is 12.6 Å². The molecule has 2 N–H and O–H groups in total. The zero-order valence-corrected chi connectivity index (χ0v) is 23.9. The summed E-state index contributed by atoms with van der Waals surface area (Å²) in [7, 11) is 3.98. The molecule has 2 aliphatic heterocycles. The number of benzene rings is 3. The zero-order valence-electron chi connectivity index (χ0n) is 23.9. The van der Waals surface area contributed by atoms with Crippen LogP contribution >= 0.6 is 0 Å². The number of aromatic hydroxyl groups is 1. The Kier molecular flexibility index (Phi) is 9.44. The van der Waals surface area contributed by atoms with Crippen LogP contribution in [0.4, 0.5) is 14.5 Å². The van der Waals surface area contributed by atoms with Crippen molar-refractivity contribution in [3.05, 3.63) is 82.4 Å². The van der Waals surface area contributed by atoms with Crippen LogP contribution in [-0.2, 0) is 24.3 Å². The molecular formula is C32H37F2N3O5. The first-order valence-corrected chi connectivity index (χ1v) is 14.2. The molecular weight excluding hydrogens is 544 g/mol. The van der Waals surface area contributed by atoms with Gasteiger partial charge in [-0.25, -0.2) is 8.78 Å². The van der Waals surface area contributed by atoms with Gasteiger partial charge in [0.2, 0.25) is 0 Å². The van der Waals surface area contributed by atoms with Crippen molar-refractivity contribution >= 4 is 11.6 Å². The maximum atomic E-state index is 13.9. The number of rotatable bonds is 11. The number of hydrogen-bond donors (Lipinski definition) is 2. The van der Waals surface area contributed by atoms with Gasteiger partial charge in [-0.3, -0.25) is 4.79 Å². The molecule has 3 aromatic carbocycles. The first-order valence-electron chi connectivity index (χ1n) is 14.2. The van der Waals surface area contributed by atoms with Gasteiger partial charge in [-0.15, -0.1) is 0 Å². The monoisotopic (exact) mass is 581 g/mol. The van der Waals surface area contributed by atoms with Crippen LogP contribution in [0, 0.1) is 0 Å². The van der Waals surface area contributed by atoms with E-state index in [-0.39, 0.29) is 30.5 Å². The minimum Gasteiger partial charge on any atom is -0.507 e. The van der Waals surface area contributed by atoms with E-state index in [0.717, 1.165) is 53.2 Å². The van der Waals surface area contributed by atoms with Crippen molar-refractivity contribution in [1.82, 2.24) is 9.80 Å². The zero-order chi connectivity index (χ0) is 29.6. The molecule has 0 radical (unpaired) electrons. The Labute approximate surface area is 244 Å². The van der Waals surface area contributed by atoms with Gasteiger partial charge in [-0.05, 0) is 61.8 Å². The van der Waals surface area contributed by atoms with Crippen LogP contribution in [0.15, 0.2) is 54.6 Å². The summed E-state index contributed by atoms with van der Waals surface area (Å²) in [5, 5.41) is 14.4. The molecule has 8 nitrogen and oxygen atoms in total. The highest BCUT2D eigenvalue weighted by Gasteiger charge is 2.30. The lowest BCUT2D eigenvalue weighted by Crippen LogP contribution is -2.37. The number of likely N-dealkylation sites (N-methyl/N-ethyl adjacent to an activating group) is 1. The molecule has 1 amide bonds. The minimum atomic E-state index is -2.83. The number of fused-ring (bicyclic) bond motifs is 1. The van der Waals surface area contributed by atoms with E-state index in [4.69, 9.17) is 14.2 Å². The average molecular weight is 582 g/mol. The highest BCUT2D eigenvalue weighted by Crippen LogP contribution is 2.38. The number of amides is 1. The van der Waals surface area contributed by atoms with Crippen molar-refractivity contribution in [3.63, 3.8) is 0 Å². The molecule has 2 heterocycles. The third-order valence-electron chi connectivity index (χ3n) is 7.51. The molecule has 42 heavy (non-hydrogen) atoms. The van der Waals surface area contributed by atoms with Gasteiger partial charge in [-0.2, -0.15) is 0 Å². The summed E-state index contributed by atoms with van der Waals surface area (Å²) in [5.74, 6) is -0.328. The van der Waals surface area contributed by atoms with Gasteiger partial charge in [0, 0.05) is 43.6 Å². The molecule has 0 spiro atoms. The highest BCUT2D eigenvalue weighted by molar-refractivity contribution is 6.00. The van der Waals surface area contributed by atoms with E-state index in [1.807, 2.05) is 56.6 Å². The molecule has 0 unspecified atom stereocenters. The maximum Gasteiger partial charge on any atom is 0.264 e. The Morgan fingerprint density at radius 2 is 1.98 bits per heavy atom. The van der Waals surface area contributed by atoms with Gasteiger partial charge in [0.1, 0.15) is 36.0 Å². The number of hydrogen-bond acceptors (Lipinski definition) is 7. The fourth-order valence-corrected chi connectivity index (χ4v) is 5.21. The third-order valence-corrected chi connectivity index (χ3v) is 7.51. The second-order valence-electron chi connectivity index (χ2n) is 10.9. The lowest BCUT2D eigenvalue weighted by atomic mass is 9.96. The van der Waals surface area contributed by atoms with E-state index in [9.17, 15) is 18.7 Å². The van der Waals surface area contributed by atoms with E-state index in [0.29, 0.717) is 32.8 Å². The molecule has 5 rings (SSSR count). The van der Waals surface area contributed by atoms with Crippen molar-refractivity contribution in [2.24, 2.45) is 0 Å². The summed E-state index contributed by atoms with van der Waals surface area (Å²) in [5.41, 5.74) is 3.17. The van der Waals surface area contributed by atoms with Crippen LogP contribution in [0.2, 0.25) is 0 Å². The van der Waals surface area contributed by atoms with Crippen LogP contribution in [0.25, 0.3) is 0 Å². The van der Waals surface area contributed by atoms with E-state index in [1.54, 1.807) is 4.90 Å². The number of ether oxygens (including phenoxy) is 3. The number of carbonyl (C=O) groups is 1. The normalized spacial score (nSPS) is 16.5. The number of nitrogens with one attached hydrogen (secondary N) is 1. The fourth-order valence-electron chi connectivity index (χ4n) is 5.21. The summed E-state index contributed by atoms with van der Waals surface area (Å²) in [6.45, 7) is 3.31. The van der Waals surface area contributed by atoms with E-state index in [1.165, 1.54) is 0 Å². The largest absolute Gasteiger partial charge is 0.507 e. The Balaban J connectivity index is 1.42. The van der Waals surface area contributed by atoms with Crippen molar-refractivity contribution < 1.29 is 32.9 Å². The number of anilines is 1. The van der Waals surface area contributed by atoms with Gasteiger partial charge in [-0.1, -0.05) is 30.3 Å². The van der Waals surface area contributed by atoms with Crippen LogP contribution in [0.5, 0.6) is 17.2 Å². The molecule has 0 bridgehead atoms. The Morgan fingerprint density at radius 1 is 1.17 bits per heavy atom. The van der Waals surface area contributed by atoms with E-state index in [2.05, 4.69) is 10.2 Å². The summed E-state index contributed by atoms with van der Waals surface area (Å²) < 4.78 is 44.7. The molecule has 2 aliphatic rings. The quantitative estimate of drug-likeness (QED) is 0.320. The number of alkyl halides is 2. The van der Waals surface area contributed by atoms with E-state index >= 15 is 0 Å².